The Morgan fingerprint density at radius 3 is 2.72 bits per heavy atom. The molecule has 0 radical (unpaired) electrons. The predicted molar refractivity (Wildman–Crippen MR) is 94.7 cm³/mol. The lowest BCUT2D eigenvalue weighted by molar-refractivity contribution is -0.141. The molecule has 2 aliphatic heterocycles. The maximum atomic E-state index is 12.7. The number of ether oxygens (including phenoxy) is 3. The van der Waals surface area contributed by atoms with Gasteiger partial charge in [0, 0.05) is 46.3 Å². The predicted octanol–water partition coefficient (Wildman–Crippen LogP) is 1.26. The second kappa shape index (κ2) is 8.65. The first-order valence-corrected chi connectivity index (χ1v) is 8.94. The summed E-state index contributed by atoms with van der Waals surface area (Å²) in [4.78, 5) is 17.1. The van der Waals surface area contributed by atoms with Gasteiger partial charge in [0.2, 0.25) is 0 Å². The van der Waals surface area contributed by atoms with E-state index in [0.29, 0.717) is 12.5 Å². The Morgan fingerprint density at radius 1 is 1.20 bits per heavy atom. The van der Waals surface area contributed by atoms with Gasteiger partial charge in [-0.1, -0.05) is 18.2 Å². The number of methoxy groups -OCH3 is 2. The topological polar surface area (TPSA) is 51.2 Å². The van der Waals surface area contributed by atoms with E-state index in [9.17, 15) is 4.79 Å². The minimum atomic E-state index is 0.0574. The number of hydrogen-bond acceptors (Lipinski definition) is 5. The van der Waals surface area contributed by atoms with Gasteiger partial charge in [-0.05, 0) is 18.6 Å². The lowest BCUT2D eigenvalue weighted by Crippen LogP contribution is -2.54. The number of piperidine rings is 1. The molecule has 6 nitrogen and oxygen atoms in total. The van der Waals surface area contributed by atoms with Crippen LogP contribution < -0.4 is 4.74 Å². The molecule has 3 rings (SSSR count). The molecular weight excluding hydrogens is 320 g/mol. The molecule has 0 unspecified atom stereocenters. The van der Waals surface area contributed by atoms with Crippen LogP contribution in [0.1, 0.15) is 6.42 Å². The molecule has 0 saturated carbocycles. The van der Waals surface area contributed by atoms with Crippen LogP contribution in [-0.2, 0) is 14.3 Å². The van der Waals surface area contributed by atoms with E-state index < -0.39 is 0 Å². The third-order valence-corrected chi connectivity index (χ3v) is 5.28. The molecule has 2 fully saturated rings. The van der Waals surface area contributed by atoms with Gasteiger partial charge in [-0.2, -0.15) is 0 Å². The van der Waals surface area contributed by atoms with Crippen LogP contribution in [0.4, 0.5) is 0 Å². The minimum absolute atomic E-state index is 0.0574. The van der Waals surface area contributed by atoms with Crippen molar-refractivity contribution in [2.24, 2.45) is 5.92 Å². The molecule has 6 heteroatoms. The van der Waals surface area contributed by atoms with Gasteiger partial charge in [0.25, 0.3) is 5.91 Å². The molecule has 25 heavy (non-hydrogen) atoms. The number of para-hydroxylation sites is 1. The largest absolute Gasteiger partial charge is 0.484 e. The summed E-state index contributed by atoms with van der Waals surface area (Å²) in [6.07, 6.45) is 1.10. The second-order valence-electron chi connectivity index (χ2n) is 6.74. The summed E-state index contributed by atoms with van der Waals surface area (Å²) in [5.41, 5.74) is 0. The number of amides is 1. The summed E-state index contributed by atoms with van der Waals surface area (Å²) in [5, 5.41) is 0. The molecule has 0 spiro atoms. The fourth-order valence-corrected chi connectivity index (χ4v) is 3.99. The Balaban J connectivity index is 1.61. The van der Waals surface area contributed by atoms with E-state index in [-0.39, 0.29) is 24.7 Å². The van der Waals surface area contributed by atoms with Crippen molar-refractivity contribution in [1.82, 2.24) is 9.80 Å². The van der Waals surface area contributed by atoms with Crippen molar-refractivity contribution in [3.63, 3.8) is 0 Å². The van der Waals surface area contributed by atoms with E-state index in [1.54, 1.807) is 14.2 Å². The highest BCUT2D eigenvalue weighted by Gasteiger charge is 2.45. The van der Waals surface area contributed by atoms with Crippen molar-refractivity contribution >= 4 is 5.91 Å². The highest BCUT2D eigenvalue weighted by molar-refractivity contribution is 5.78. The Labute approximate surface area is 149 Å². The van der Waals surface area contributed by atoms with Gasteiger partial charge in [0.05, 0.1) is 18.8 Å². The summed E-state index contributed by atoms with van der Waals surface area (Å²) in [7, 11) is 3.49. The lowest BCUT2D eigenvalue weighted by Gasteiger charge is -2.41. The van der Waals surface area contributed by atoms with Crippen LogP contribution in [0.3, 0.4) is 0 Å². The average molecular weight is 348 g/mol. The Hall–Kier alpha value is -1.63. The summed E-state index contributed by atoms with van der Waals surface area (Å²) < 4.78 is 16.5. The van der Waals surface area contributed by atoms with Gasteiger partial charge >= 0.3 is 0 Å². The fourth-order valence-electron chi connectivity index (χ4n) is 3.99. The number of rotatable bonds is 7. The molecule has 1 aromatic carbocycles. The molecule has 0 bridgehead atoms. The summed E-state index contributed by atoms with van der Waals surface area (Å²) in [5.74, 6) is 1.14. The van der Waals surface area contributed by atoms with E-state index in [0.717, 1.165) is 38.3 Å². The third kappa shape index (κ3) is 4.32. The van der Waals surface area contributed by atoms with Crippen molar-refractivity contribution in [2.75, 3.05) is 53.6 Å². The average Bonchev–Trinajstić information content (AvgIpc) is 3.08. The molecule has 0 aliphatic carbocycles. The SMILES string of the molecule is COCCN1C[C@H]2[C@@H](C1)N(C(=O)COc1ccccc1)CC[C@H]2OC. The summed E-state index contributed by atoms with van der Waals surface area (Å²) in [6, 6.07) is 9.68. The zero-order valence-corrected chi connectivity index (χ0v) is 15.1. The maximum Gasteiger partial charge on any atom is 0.260 e. The van der Waals surface area contributed by atoms with Crippen molar-refractivity contribution in [3.8, 4) is 5.75 Å². The van der Waals surface area contributed by atoms with Gasteiger partial charge < -0.3 is 19.1 Å². The van der Waals surface area contributed by atoms with E-state index in [2.05, 4.69) is 4.90 Å². The highest BCUT2D eigenvalue weighted by atomic mass is 16.5. The molecule has 0 aromatic heterocycles. The smallest absolute Gasteiger partial charge is 0.260 e. The van der Waals surface area contributed by atoms with Crippen molar-refractivity contribution < 1.29 is 19.0 Å². The number of fused-ring (bicyclic) bond motifs is 1. The number of benzene rings is 1. The summed E-state index contributed by atoms with van der Waals surface area (Å²) >= 11 is 0. The van der Waals surface area contributed by atoms with E-state index >= 15 is 0 Å². The number of nitrogens with zero attached hydrogens (tertiary/aromatic N) is 2. The minimum Gasteiger partial charge on any atom is -0.484 e. The molecule has 3 atom stereocenters. The van der Waals surface area contributed by atoms with Crippen LogP contribution in [0.2, 0.25) is 0 Å². The standard InChI is InChI=1S/C19H28N2O4/c1-23-11-10-20-12-16-17(13-20)21(9-8-18(16)24-2)19(22)14-25-15-6-4-3-5-7-15/h3-7,16-18H,8-14H2,1-2H3/t16-,17+,18+/m0/s1. The van der Waals surface area contributed by atoms with Crippen LogP contribution in [-0.4, -0.2) is 81.5 Å². The third-order valence-electron chi connectivity index (χ3n) is 5.28. The van der Waals surface area contributed by atoms with E-state index in [1.165, 1.54) is 0 Å². The Kier molecular flexibility index (Phi) is 6.29. The van der Waals surface area contributed by atoms with Crippen LogP contribution in [0.25, 0.3) is 0 Å². The highest BCUT2D eigenvalue weighted by Crippen LogP contribution is 2.32. The van der Waals surface area contributed by atoms with Crippen LogP contribution in [0.5, 0.6) is 5.75 Å². The van der Waals surface area contributed by atoms with Gasteiger partial charge in [-0.15, -0.1) is 0 Å². The number of carbonyl (C=O) groups is 1. The van der Waals surface area contributed by atoms with Crippen LogP contribution in [0, 0.1) is 5.92 Å². The van der Waals surface area contributed by atoms with E-state index in [4.69, 9.17) is 14.2 Å². The van der Waals surface area contributed by atoms with Crippen molar-refractivity contribution in [1.29, 1.82) is 0 Å². The second-order valence-corrected chi connectivity index (χ2v) is 6.74. The first kappa shape index (κ1) is 18.2. The van der Waals surface area contributed by atoms with Gasteiger partial charge in [-0.25, -0.2) is 0 Å². The van der Waals surface area contributed by atoms with Crippen molar-refractivity contribution in [2.45, 2.75) is 18.6 Å². The first-order valence-electron chi connectivity index (χ1n) is 8.94. The zero-order chi connectivity index (χ0) is 17.6. The Bertz CT molecular complexity index is 554. The molecule has 2 heterocycles. The monoisotopic (exact) mass is 348 g/mol. The molecule has 138 valence electrons. The zero-order valence-electron chi connectivity index (χ0n) is 15.1. The van der Waals surface area contributed by atoms with Crippen molar-refractivity contribution in [3.05, 3.63) is 30.3 Å². The first-order chi connectivity index (χ1) is 12.2. The maximum absolute atomic E-state index is 12.7. The quantitative estimate of drug-likeness (QED) is 0.743. The molecule has 1 aromatic rings. The number of carbonyl (C=O) groups excluding carboxylic acids is 1. The molecule has 2 saturated heterocycles. The summed E-state index contributed by atoms with van der Waals surface area (Å²) in [6.45, 7) is 4.25. The molecule has 2 aliphatic rings. The molecule has 1 amide bonds. The van der Waals surface area contributed by atoms with Gasteiger partial charge in [0.15, 0.2) is 6.61 Å². The lowest BCUT2D eigenvalue weighted by atomic mass is 9.89. The van der Waals surface area contributed by atoms with Crippen LogP contribution >= 0.6 is 0 Å². The van der Waals surface area contributed by atoms with Crippen LogP contribution in [0.15, 0.2) is 30.3 Å². The normalized spacial score (nSPS) is 26.5. The van der Waals surface area contributed by atoms with Gasteiger partial charge in [-0.3, -0.25) is 9.69 Å². The fraction of sp³-hybridized carbons (Fsp3) is 0.632. The van der Waals surface area contributed by atoms with E-state index in [1.807, 2.05) is 35.2 Å². The number of likely N-dealkylation sites (tertiary alicyclic amines) is 2. The van der Waals surface area contributed by atoms with Gasteiger partial charge in [0.1, 0.15) is 5.75 Å². The Morgan fingerprint density at radius 2 is 2.00 bits per heavy atom. The molecular formula is C19H28N2O4. The number of hydrogen-bond donors (Lipinski definition) is 0. The molecule has 0 N–H and O–H groups in total.